The van der Waals surface area contributed by atoms with Gasteiger partial charge in [0.2, 0.25) is 5.88 Å². The number of carbonyl (C=O) groups is 1. The van der Waals surface area contributed by atoms with E-state index in [9.17, 15) is 20.0 Å². The zero-order chi connectivity index (χ0) is 29.3. The number of carbonyl (C=O) groups excluding carboxylic acids is 1. The third-order valence-corrected chi connectivity index (χ3v) is 7.32. The van der Waals surface area contributed by atoms with E-state index in [1.807, 2.05) is 11.0 Å². The molecule has 8 heteroatoms. The summed E-state index contributed by atoms with van der Waals surface area (Å²) < 4.78 is 1.10. The minimum Gasteiger partial charge on any atom is -0.493 e. The summed E-state index contributed by atoms with van der Waals surface area (Å²) in [5.74, 6) is -0.328. The SMILES string of the molecule is CCCCCCCCN(CCCCCCCC)C(=O)c1ccc(N=Nc2c(C)c(C#N)c(O)n(CC)c2=O)cc1. The highest BCUT2D eigenvalue weighted by Crippen LogP contribution is 2.27. The quantitative estimate of drug-likeness (QED) is 0.149. The summed E-state index contributed by atoms with van der Waals surface area (Å²) in [6.45, 7) is 9.45. The van der Waals surface area contributed by atoms with Gasteiger partial charge in [0, 0.05) is 30.8 Å². The zero-order valence-electron chi connectivity index (χ0n) is 24.9. The van der Waals surface area contributed by atoms with Crippen molar-refractivity contribution in [3.8, 4) is 11.9 Å². The number of aromatic hydroxyl groups is 1. The van der Waals surface area contributed by atoms with Crippen LogP contribution in [0.1, 0.15) is 119 Å². The average Bonchev–Trinajstić information content (AvgIpc) is 2.96. The van der Waals surface area contributed by atoms with Crippen molar-refractivity contribution in [2.24, 2.45) is 10.2 Å². The normalized spacial score (nSPS) is 11.2. The summed E-state index contributed by atoms with van der Waals surface area (Å²) >= 11 is 0. The van der Waals surface area contributed by atoms with Gasteiger partial charge in [-0.25, -0.2) is 0 Å². The predicted octanol–water partition coefficient (Wildman–Crippen LogP) is 8.33. The topological polar surface area (TPSA) is 111 Å². The van der Waals surface area contributed by atoms with E-state index in [4.69, 9.17) is 0 Å². The van der Waals surface area contributed by atoms with Crippen LogP contribution in [0.15, 0.2) is 39.3 Å². The third-order valence-electron chi connectivity index (χ3n) is 7.32. The predicted molar refractivity (Wildman–Crippen MR) is 161 cm³/mol. The van der Waals surface area contributed by atoms with Crippen molar-refractivity contribution < 1.29 is 9.90 Å². The maximum absolute atomic E-state index is 13.4. The molecule has 0 saturated heterocycles. The molecule has 1 aromatic heterocycles. The van der Waals surface area contributed by atoms with Crippen LogP contribution in [0.3, 0.4) is 0 Å². The van der Waals surface area contributed by atoms with Crippen LogP contribution in [0.5, 0.6) is 5.88 Å². The second kappa shape index (κ2) is 18.0. The molecule has 2 aromatic rings. The van der Waals surface area contributed by atoms with Gasteiger partial charge in [0.1, 0.15) is 11.6 Å². The van der Waals surface area contributed by atoms with Crippen LogP contribution < -0.4 is 5.56 Å². The summed E-state index contributed by atoms with van der Waals surface area (Å²) in [5, 5.41) is 28.0. The van der Waals surface area contributed by atoms with Crippen LogP contribution in [-0.2, 0) is 6.54 Å². The fourth-order valence-corrected chi connectivity index (χ4v) is 4.79. The van der Waals surface area contributed by atoms with Gasteiger partial charge in [0.25, 0.3) is 11.5 Å². The number of hydrogen-bond donors (Lipinski definition) is 1. The highest BCUT2D eigenvalue weighted by molar-refractivity contribution is 5.94. The molecule has 0 spiro atoms. The number of unbranched alkanes of at least 4 members (excludes halogenated alkanes) is 10. The number of hydrogen-bond acceptors (Lipinski definition) is 6. The van der Waals surface area contributed by atoms with Gasteiger partial charge in [0.05, 0.1) is 5.69 Å². The minimum atomic E-state index is -0.507. The monoisotopic (exact) mass is 549 g/mol. The van der Waals surface area contributed by atoms with Crippen molar-refractivity contribution in [3.63, 3.8) is 0 Å². The van der Waals surface area contributed by atoms with Crippen LogP contribution in [-0.4, -0.2) is 33.6 Å². The minimum absolute atomic E-state index is 0.00663. The van der Waals surface area contributed by atoms with E-state index in [2.05, 4.69) is 24.1 Å². The molecule has 40 heavy (non-hydrogen) atoms. The number of aromatic nitrogens is 1. The van der Waals surface area contributed by atoms with Crippen LogP contribution in [0.25, 0.3) is 0 Å². The van der Waals surface area contributed by atoms with Crippen LogP contribution in [0.4, 0.5) is 11.4 Å². The number of rotatable bonds is 18. The first-order valence-corrected chi connectivity index (χ1v) is 15.1. The molecule has 0 unspecified atom stereocenters. The number of nitriles is 1. The van der Waals surface area contributed by atoms with Gasteiger partial charge < -0.3 is 10.0 Å². The number of benzene rings is 1. The van der Waals surface area contributed by atoms with E-state index in [1.54, 1.807) is 38.1 Å². The Labute approximate surface area is 239 Å². The van der Waals surface area contributed by atoms with E-state index in [1.165, 1.54) is 51.4 Å². The van der Waals surface area contributed by atoms with Gasteiger partial charge in [-0.2, -0.15) is 10.4 Å². The fourth-order valence-electron chi connectivity index (χ4n) is 4.79. The first-order valence-electron chi connectivity index (χ1n) is 15.1. The molecule has 0 atom stereocenters. The lowest BCUT2D eigenvalue weighted by Crippen LogP contribution is -2.33. The van der Waals surface area contributed by atoms with Gasteiger partial charge >= 0.3 is 0 Å². The molecule has 1 N–H and O–H groups in total. The van der Waals surface area contributed by atoms with Gasteiger partial charge in [0.15, 0.2) is 5.69 Å². The number of pyridine rings is 1. The second-order valence-electron chi connectivity index (χ2n) is 10.4. The zero-order valence-corrected chi connectivity index (χ0v) is 24.9. The van der Waals surface area contributed by atoms with Crippen LogP contribution in [0, 0.1) is 18.3 Å². The summed E-state index contributed by atoms with van der Waals surface area (Å²) in [4.78, 5) is 28.2. The molecule has 0 aliphatic carbocycles. The fraction of sp³-hybridized carbons (Fsp3) is 0.594. The first kappa shape index (κ1) is 32.7. The molecule has 8 nitrogen and oxygen atoms in total. The van der Waals surface area contributed by atoms with E-state index in [0.29, 0.717) is 11.3 Å². The molecule has 0 saturated carbocycles. The maximum atomic E-state index is 13.4. The Morgan fingerprint density at radius 1 is 0.875 bits per heavy atom. The lowest BCUT2D eigenvalue weighted by molar-refractivity contribution is 0.0749. The molecule has 218 valence electrons. The lowest BCUT2D eigenvalue weighted by Gasteiger charge is -2.23. The number of amides is 1. The molecule has 1 heterocycles. The van der Waals surface area contributed by atoms with E-state index in [-0.39, 0.29) is 35.1 Å². The van der Waals surface area contributed by atoms with Crippen molar-refractivity contribution >= 4 is 17.3 Å². The Bertz CT molecular complexity index is 1180. The molecule has 2 rings (SSSR count). The molecule has 0 fully saturated rings. The van der Waals surface area contributed by atoms with Crippen molar-refractivity contribution in [1.29, 1.82) is 5.26 Å². The Hall–Kier alpha value is -3.47. The van der Waals surface area contributed by atoms with Gasteiger partial charge in [-0.05, 0) is 51.0 Å². The highest BCUT2D eigenvalue weighted by atomic mass is 16.3. The molecule has 0 aliphatic rings. The first-order chi connectivity index (χ1) is 19.4. The Morgan fingerprint density at radius 3 is 1.90 bits per heavy atom. The molecule has 0 aliphatic heterocycles. The highest BCUT2D eigenvalue weighted by Gasteiger charge is 2.19. The number of azo groups is 1. The maximum Gasteiger partial charge on any atom is 0.281 e. The Kier molecular flexibility index (Phi) is 14.7. The Balaban J connectivity index is 2.12. The summed E-state index contributed by atoms with van der Waals surface area (Å²) in [6, 6.07) is 8.86. The number of nitrogens with zero attached hydrogens (tertiary/aromatic N) is 5. The molecule has 0 bridgehead atoms. The van der Waals surface area contributed by atoms with Crippen molar-refractivity contribution in [3.05, 3.63) is 51.3 Å². The Morgan fingerprint density at radius 2 is 1.40 bits per heavy atom. The van der Waals surface area contributed by atoms with Crippen molar-refractivity contribution in [2.75, 3.05) is 13.1 Å². The summed E-state index contributed by atoms with van der Waals surface area (Å²) in [5.41, 5.74) is 0.894. The molecule has 0 radical (unpaired) electrons. The molecule has 1 amide bonds. The van der Waals surface area contributed by atoms with Gasteiger partial charge in [-0.3, -0.25) is 14.2 Å². The summed E-state index contributed by atoms with van der Waals surface area (Å²) in [6.07, 6.45) is 14.3. The van der Waals surface area contributed by atoms with Crippen molar-refractivity contribution in [2.45, 2.75) is 111 Å². The third kappa shape index (κ3) is 9.62. The summed E-state index contributed by atoms with van der Waals surface area (Å²) in [7, 11) is 0. The average molecular weight is 550 g/mol. The van der Waals surface area contributed by atoms with E-state index < -0.39 is 5.56 Å². The van der Waals surface area contributed by atoms with E-state index in [0.717, 1.165) is 43.3 Å². The van der Waals surface area contributed by atoms with Crippen molar-refractivity contribution in [1.82, 2.24) is 9.47 Å². The van der Waals surface area contributed by atoms with Gasteiger partial charge in [-0.15, -0.1) is 5.11 Å². The van der Waals surface area contributed by atoms with Crippen LogP contribution in [0.2, 0.25) is 0 Å². The second-order valence-corrected chi connectivity index (χ2v) is 10.4. The lowest BCUT2D eigenvalue weighted by atomic mass is 10.1. The smallest absolute Gasteiger partial charge is 0.281 e. The standard InChI is InChI=1S/C32H47N5O3/c1-5-8-10-12-14-16-22-36(23-17-15-13-11-9-6-2)30(38)26-18-20-27(21-19-26)34-35-29-25(4)28(24-33)31(39)37(7-3)32(29)40/h18-21,39H,5-17,22-23H2,1-4H3. The largest absolute Gasteiger partial charge is 0.493 e. The van der Waals surface area contributed by atoms with Crippen LogP contribution >= 0.6 is 0 Å². The molecular formula is C32H47N5O3. The molecular weight excluding hydrogens is 502 g/mol. The van der Waals surface area contributed by atoms with E-state index >= 15 is 0 Å². The molecule has 1 aromatic carbocycles. The van der Waals surface area contributed by atoms with Gasteiger partial charge in [-0.1, -0.05) is 78.1 Å².